The van der Waals surface area contributed by atoms with Crippen LogP contribution in [0.25, 0.3) is 0 Å². The lowest BCUT2D eigenvalue weighted by molar-refractivity contribution is -0.157. The van der Waals surface area contributed by atoms with Crippen molar-refractivity contribution in [3.05, 3.63) is 29.8 Å². The van der Waals surface area contributed by atoms with Gasteiger partial charge in [0.15, 0.2) is 17.5 Å². The Morgan fingerprint density at radius 1 is 1.26 bits per heavy atom. The molecule has 1 aromatic rings. The Balaban J connectivity index is 0.00000676. The lowest BCUT2D eigenvalue weighted by atomic mass is 10.3. The van der Waals surface area contributed by atoms with E-state index in [4.69, 9.17) is 4.74 Å². The number of halogens is 6. The largest absolute Gasteiger partial charge is 0.489 e. The molecule has 0 aliphatic heterocycles. The van der Waals surface area contributed by atoms with Crippen molar-refractivity contribution in [3.63, 3.8) is 0 Å². The van der Waals surface area contributed by atoms with Crippen LogP contribution in [0.1, 0.15) is 0 Å². The molecule has 1 aromatic carbocycles. The highest BCUT2D eigenvalue weighted by Gasteiger charge is 2.31. The standard InChI is InChI=1S/C15H19F5N4O2.HI/c1-21-14(23-8-13(25)24(2)9-15(18,19)20)22-5-6-26-12-4-3-10(16)7-11(12)17;/h3-4,7H,5-6,8-9H2,1-2H3,(H2,21,22,23);1H. The van der Waals surface area contributed by atoms with Gasteiger partial charge in [-0.3, -0.25) is 9.79 Å². The zero-order valence-electron chi connectivity index (χ0n) is 14.6. The highest BCUT2D eigenvalue weighted by molar-refractivity contribution is 14.0. The van der Waals surface area contributed by atoms with Crippen LogP contribution in [0.4, 0.5) is 22.0 Å². The van der Waals surface area contributed by atoms with Crippen molar-refractivity contribution in [1.29, 1.82) is 0 Å². The maximum Gasteiger partial charge on any atom is 0.406 e. The van der Waals surface area contributed by atoms with Crippen molar-refractivity contribution < 1.29 is 31.5 Å². The van der Waals surface area contributed by atoms with Crippen LogP contribution in [-0.2, 0) is 4.79 Å². The summed E-state index contributed by atoms with van der Waals surface area (Å²) in [5.74, 6) is -2.31. The van der Waals surface area contributed by atoms with E-state index in [0.29, 0.717) is 11.0 Å². The Bertz CT molecular complexity index is 643. The number of carbonyl (C=O) groups is 1. The van der Waals surface area contributed by atoms with E-state index in [0.717, 1.165) is 19.2 Å². The zero-order chi connectivity index (χ0) is 19.7. The first-order valence-electron chi connectivity index (χ1n) is 7.45. The minimum Gasteiger partial charge on any atom is -0.489 e. The maximum atomic E-state index is 13.4. The molecule has 0 unspecified atom stereocenters. The van der Waals surface area contributed by atoms with Crippen LogP contribution in [0.3, 0.4) is 0 Å². The van der Waals surface area contributed by atoms with Gasteiger partial charge in [-0.05, 0) is 12.1 Å². The van der Waals surface area contributed by atoms with Crippen molar-refractivity contribution in [1.82, 2.24) is 15.5 Å². The molecule has 0 saturated heterocycles. The van der Waals surface area contributed by atoms with Gasteiger partial charge in [-0.1, -0.05) is 0 Å². The van der Waals surface area contributed by atoms with Gasteiger partial charge in [0.2, 0.25) is 5.91 Å². The number of hydrogen-bond acceptors (Lipinski definition) is 3. The summed E-state index contributed by atoms with van der Waals surface area (Å²) >= 11 is 0. The normalized spacial score (nSPS) is 11.4. The molecule has 0 aliphatic carbocycles. The molecule has 1 rings (SSSR count). The average molecular weight is 510 g/mol. The quantitative estimate of drug-likeness (QED) is 0.194. The fourth-order valence-corrected chi connectivity index (χ4v) is 1.79. The summed E-state index contributed by atoms with van der Waals surface area (Å²) in [6.07, 6.45) is -4.47. The van der Waals surface area contributed by atoms with Gasteiger partial charge in [0.1, 0.15) is 19.0 Å². The second kappa shape index (κ2) is 11.8. The first-order valence-corrected chi connectivity index (χ1v) is 7.45. The molecule has 12 heteroatoms. The van der Waals surface area contributed by atoms with E-state index >= 15 is 0 Å². The summed E-state index contributed by atoms with van der Waals surface area (Å²) in [4.78, 5) is 15.9. The lowest BCUT2D eigenvalue weighted by Crippen LogP contribution is -2.46. The van der Waals surface area contributed by atoms with Crippen molar-refractivity contribution in [2.75, 3.05) is 40.3 Å². The van der Waals surface area contributed by atoms with Gasteiger partial charge in [0, 0.05) is 20.2 Å². The van der Waals surface area contributed by atoms with E-state index in [1.807, 2.05) is 0 Å². The van der Waals surface area contributed by atoms with Crippen LogP contribution in [0.15, 0.2) is 23.2 Å². The monoisotopic (exact) mass is 510 g/mol. The smallest absolute Gasteiger partial charge is 0.406 e. The Kier molecular flexibility index (Phi) is 11.0. The highest BCUT2D eigenvalue weighted by atomic mass is 127. The number of aliphatic imine (C=N–C) groups is 1. The Labute approximate surface area is 170 Å². The van der Waals surface area contributed by atoms with E-state index < -0.39 is 30.3 Å². The van der Waals surface area contributed by atoms with Gasteiger partial charge in [-0.15, -0.1) is 24.0 Å². The number of alkyl halides is 3. The minimum atomic E-state index is -4.47. The van der Waals surface area contributed by atoms with Gasteiger partial charge < -0.3 is 20.3 Å². The predicted octanol–water partition coefficient (Wildman–Crippen LogP) is 2.15. The number of nitrogens with one attached hydrogen (secondary N) is 2. The molecule has 0 spiro atoms. The third-order valence-corrected chi connectivity index (χ3v) is 3.02. The molecular weight excluding hydrogens is 490 g/mol. The van der Waals surface area contributed by atoms with E-state index in [1.165, 1.54) is 7.05 Å². The first kappa shape index (κ1) is 25.1. The zero-order valence-corrected chi connectivity index (χ0v) is 16.9. The minimum absolute atomic E-state index is 0. The molecule has 0 heterocycles. The molecule has 1 amide bonds. The summed E-state index contributed by atoms with van der Waals surface area (Å²) in [6.45, 7) is -1.58. The fraction of sp³-hybridized carbons (Fsp3) is 0.467. The lowest BCUT2D eigenvalue weighted by Gasteiger charge is -2.20. The molecule has 0 radical (unpaired) electrons. The molecule has 0 fully saturated rings. The Morgan fingerprint density at radius 2 is 1.93 bits per heavy atom. The molecule has 6 nitrogen and oxygen atoms in total. The molecule has 0 bridgehead atoms. The van der Waals surface area contributed by atoms with Gasteiger partial charge in [-0.2, -0.15) is 13.2 Å². The van der Waals surface area contributed by atoms with Gasteiger partial charge >= 0.3 is 6.18 Å². The van der Waals surface area contributed by atoms with Crippen LogP contribution in [0.2, 0.25) is 0 Å². The van der Waals surface area contributed by atoms with Crippen molar-refractivity contribution in [2.24, 2.45) is 4.99 Å². The molecule has 2 N–H and O–H groups in total. The molecule has 0 saturated carbocycles. The summed E-state index contributed by atoms with van der Waals surface area (Å²) in [5, 5.41) is 5.29. The van der Waals surface area contributed by atoms with E-state index in [9.17, 15) is 26.7 Å². The summed E-state index contributed by atoms with van der Waals surface area (Å²) in [5.41, 5.74) is 0. The van der Waals surface area contributed by atoms with Crippen LogP contribution in [0, 0.1) is 11.6 Å². The number of carbonyl (C=O) groups excluding carboxylic acids is 1. The van der Waals surface area contributed by atoms with Crippen LogP contribution < -0.4 is 15.4 Å². The molecular formula is C15H20F5IN4O2. The first-order chi connectivity index (χ1) is 12.1. The van der Waals surface area contributed by atoms with Crippen LogP contribution in [-0.4, -0.2) is 63.3 Å². The third kappa shape index (κ3) is 10.2. The summed E-state index contributed by atoms with van der Waals surface area (Å²) in [6, 6.07) is 2.88. The van der Waals surface area contributed by atoms with Crippen molar-refractivity contribution >= 4 is 35.8 Å². The predicted molar refractivity (Wildman–Crippen MR) is 100 cm³/mol. The number of likely N-dealkylation sites (N-methyl/N-ethyl adjacent to an activating group) is 1. The van der Waals surface area contributed by atoms with Crippen molar-refractivity contribution in [2.45, 2.75) is 6.18 Å². The number of guanidine groups is 1. The van der Waals surface area contributed by atoms with E-state index in [1.54, 1.807) is 0 Å². The van der Waals surface area contributed by atoms with Crippen molar-refractivity contribution in [3.8, 4) is 5.75 Å². The van der Waals surface area contributed by atoms with Gasteiger partial charge in [0.25, 0.3) is 0 Å². The summed E-state index contributed by atoms with van der Waals surface area (Å²) < 4.78 is 67.9. The number of benzene rings is 1. The third-order valence-electron chi connectivity index (χ3n) is 3.02. The Morgan fingerprint density at radius 3 is 2.48 bits per heavy atom. The van der Waals surface area contributed by atoms with Gasteiger partial charge in [-0.25, -0.2) is 8.78 Å². The Hall–Kier alpha value is -1.86. The summed E-state index contributed by atoms with van der Waals surface area (Å²) in [7, 11) is 2.44. The molecule has 154 valence electrons. The molecule has 0 aliphatic rings. The van der Waals surface area contributed by atoms with E-state index in [2.05, 4.69) is 15.6 Å². The average Bonchev–Trinajstić information content (AvgIpc) is 2.53. The fourth-order valence-electron chi connectivity index (χ4n) is 1.79. The molecule has 0 atom stereocenters. The van der Waals surface area contributed by atoms with Gasteiger partial charge in [0.05, 0.1) is 13.1 Å². The number of nitrogens with zero attached hydrogens (tertiary/aromatic N) is 2. The molecule has 0 aromatic heterocycles. The van der Waals surface area contributed by atoms with Crippen LogP contribution >= 0.6 is 24.0 Å². The number of ether oxygens (including phenoxy) is 1. The highest BCUT2D eigenvalue weighted by Crippen LogP contribution is 2.17. The molecule has 27 heavy (non-hydrogen) atoms. The SMILES string of the molecule is CN=C(NCCOc1ccc(F)cc1F)NCC(=O)N(C)CC(F)(F)F.I. The van der Waals surface area contributed by atoms with E-state index in [-0.39, 0.29) is 55.4 Å². The van der Waals surface area contributed by atoms with Crippen LogP contribution in [0.5, 0.6) is 5.75 Å². The second-order valence-corrected chi connectivity index (χ2v) is 5.14. The maximum absolute atomic E-state index is 13.4. The number of hydrogen-bond donors (Lipinski definition) is 2. The number of amides is 1. The number of rotatable bonds is 7. The second-order valence-electron chi connectivity index (χ2n) is 5.14. The topological polar surface area (TPSA) is 66.0 Å².